The Kier molecular flexibility index (Phi) is 4.41. The van der Waals surface area contributed by atoms with Crippen LogP contribution in [0.2, 0.25) is 0 Å². The Bertz CT molecular complexity index is 576. The van der Waals surface area contributed by atoms with Crippen LogP contribution in [0.1, 0.15) is 0 Å². The van der Waals surface area contributed by atoms with Gasteiger partial charge in [0.25, 0.3) is 0 Å². The van der Waals surface area contributed by atoms with E-state index >= 15 is 0 Å². The average Bonchev–Trinajstić information content (AvgIpc) is 2.46. The van der Waals surface area contributed by atoms with Crippen LogP contribution in [0.4, 0.5) is 23.2 Å². The molecule has 1 N–H and O–H groups in total. The van der Waals surface area contributed by atoms with E-state index in [1.807, 2.05) is 0 Å². The number of nitrogens with zero attached hydrogens (tertiary/aromatic N) is 1. The molecule has 1 unspecified atom stereocenters. The van der Waals surface area contributed by atoms with Crippen LogP contribution in [0, 0.1) is 5.82 Å². The number of piperazine rings is 1. The van der Waals surface area contributed by atoms with E-state index in [2.05, 4.69) is 16.6 Å². The number of nitrogens with one attached hydrogen (secondary N) is 1. The molecule has 1 atom stereocenters. The fourth-order valence-corrected chi connectivity index (χ4v) is 2.27. The minimum atomic E-state index is -5.12. The summed E-state index contributed by atoms with van der Waals surface area (Å²) in [6.45, 7) is 4.04. The summed E-state index contributed by atoms with van der Waals surface area (Å²) in [6.07, 6.45) is -4.02. The van der Waals surface area contributed by atoms with Crippen molar-refractivity contribution < 1.29 is 27.1 Å². The molecule has 1 aliphatic rings. The number of esters is 1. The predicted molar refractivity (Wildman–Crippen MR) is 71.7 cm³/mol. The van der Waals surface area contributed by atoms with Gasteiger partial charge in [-0.1, -0.05) is 12.6 Å². The van der Waals surface area contributed by atoms with Gasteiger partial charge in [-0.05, 0) is 24.3 Å². The van der Waals surface area contributed by atoms with Gasteiger partial charge in [-0.25, -0.2) is 9.18 Å². The number of halogens is 4. The normalized spacial score (nSPS) is 22.3. The lowest BCUT2D eigenvalue weighted by molar-refractivity contribution is -0.210. The minimum Gasteiger partial charge on any atom is -0.427 e. The quantitative estimate of drug-likeness (QED) is 0.527. The van der Waals surface area contributed by atoms with Crippen LogP contribution in [0.15, 0.2) is 36.9 Å². The van der Waals surface area contributed by atoms with Crippen molar-refractivity contribution in [1.29, 1.82) is 0 Å². The summed E-state index contributed by atoms with van der Waals surface area (Å²) < 4.78 is 55.5. The van der Waals surface area contributed by atoms with Gasteiger partial charge in [0.05, 0.1) is 6.54 Å². The van der Waals surface area contributed by atoms with E-state index in [0.29, 0.717) is 12.2 Å². The molecule has 0 amide bonds. The second-order valence-electron chi connectivity index (χ2n) is 4.74. The fraction of sp³-hybridized carbons (Fsp3) is 0.357. The highest BCUT2D eigenvalue weighted by atomic mass is 19.4. The van der Waals surface area contributed by atoms with Gasteiger partial charge in [-0.3, -0.25) is 0 Å². The lowest BCUT2D eigenvalue weighted by Gasteiger charge is -2.45. The Balaban J connectivity index is 2.37. The highest BCUT2D eigenvalue weighted by Crippen LogP contribution is 2.31. The third kappa shape index (κ3) is 3.22. The van der Waals surface area contributed by atoms with E-state index in [-0.39, 0.29) is 13.1 Å². The van der Waals surface area contributed by atoms with Gasteiger partial charge in [0.2, 0.25) is 5.72 Å². The standard InChI is InChI=1S/C14H14F4N2O2/c1-2-13(22-12(21)14(16,17)18)9-19-6-7-20(13)11-5-3-4-10(15)8-11/h2-5,8,19H,1,6-7,9H2. The zero-order valence-corrected chi connectivity index (χ0v) is 11.5. The van der Waals surface area contributed by atoms with Gasteiger partial charge >= 0.3 is 12.1 Å². The first-order valence-corrected chi connectivity index (χ1v) is 6.46. The van der Waals surface area contributed by atoms with Gasteiger partial charge in [-0.2, -0.15) is 13.2 Å². The number of benzene rings is 1. The maximum Gasteiger partial charge on any atom is 0.491 e. The lowest BCUT2D eigenvalue weighted by atomic mass is 10.1. The summed E-state index contributed by atoms with van der Waals surface area (Å²) in [5.74, 6) is -2.87. The predicted octanol–water partition coefficient (Wildman–Crippen LogP) is 2.22. The highest BCUT2D eigenvalue weighted by molar-refractivity contribution is 5.77. The molecule has 8 heteroatoms. The SMILES string of the molecule is C=CC1(OC(=O)C(F)(F)F)CNCCN1c1cccc(F)c1. The van der Waals surface area contributed by atoms with Crippen LogP contribution in [0.3, 0.4) is 0 Å². The third-order valence-corrected chi connectivity index (χ3v) is 3.29. The molecule has 0 spiro atoms. The summed E-state index contributed by atoms with van der Waals surface area (Å²) >= 11 is 0. The Morgan fingerprint density at radius 1 is 1.45 bits per heavy atom. The van der Waals surface area contributed by atoms with Crippen molar-refractivity contribution in [3.8, 4) is 0 Å². The molecule has 1 aliphatic heterocycles. The molecule has 2 rings (SSSR count). The molecular formula is C14H14F4N2O2. The summed E-state index contributed by atoms with van der Waals surface area (Å²) in [5.41, 5.74) is -1.44. The first-order chi connectivity index (χ1) is 10.3. The maximum atomic E-state index is 13.4. The summed E-state index contributed by atoms with van der Waals surface area (Å²) in [6, 6.07) is 5.31. The number of ether oxygens (including phenoxy) is 1. The second kappa shape index (κ2) is 5.96. The van der Waals surface area contributed by atoms with Crippen LogP contribution in [-0.4, -0.2) is 37.5 Å². The van der Waals surface area contributed by atoms with Crippen LogP contribution in [0.25, 0.3) is 0 Å². The smallest absolute Gasteiger partial charge is 0.427 e. The molecule has 1 saturated heterocycles. The van der Waals surface area contributed by atoms with Crippen LogP contribution < -0.4 is 10.2 Å². The largest absolute Gasteiger partial charge is 0.491 e. The molecule has 0 bridgehead atoms. The number of carbonyl (C=O) groups is 1. The van der Waals surface area contributed by atoms with Gasteiger partial charge in [-0.15, -0.1) is 0 Å². The maximum absolute atomic E-state index is 13.4. The fourth-order valence-electron chi connectivity index (χ4n) is 2.27. The Morgan fingerprint density at radius 3 is 2.77 bits per heavy atom. The van der Waals surface area contributed by atoms with Gasteiger partial charge in [0.15, 0.2) is 0 Å². The topological polar surface area (TPSA) is 41.6 Å². The molecule has 0 saturated carbocycles. The number of hydrogen-bond acceptors (Lipinski definition) is 4. The monoisotopic (exact) mass is 318 g/mol. The molecule has 22 heavy (non-hydrogen) atoms. The highest BCUT2D eigenvalue weighted by Gasteiger charge is 2.48. The Hall–Kier alpha value is -2.09. The van der Waals surface area contributed by atoms with Gasteiger partial charge in [0, 0.05) is 18.8 Å². The van der Waals surface area contributed by atoms with Crippen LogP contribution in [-0.2, 0) is 9.53 Å². The molecule has 1 aromatic rings. The molecule has 1 aromatic carbocycles. The lowest BCUT2D eigenvalue weighted by Crippen LogP contribution is -2.63. The Morgan fingerprint density at radius 2 is 2.18 bits per heavy atom. The summed E-state index contributed by atoms with van der Waals surface area (Å²) in [7, 11) is 0. The second-order valence-corrected chi connectivity index (χ2v) is 4.74. The van der Waals surface area contributed by atoms with Crippen LogP contribution >= 0.6 is 0 Å². The number of carbonyl (C=O) groups excluding carboxylic acids is 1. The van der Waals surface area contributed by atoms with E-state index in [9.17, 15) is 22.4 Å². The molecule has 0 aliphatic carbocycles. The van der Waals surface area contributed by atoms with E-state index in [1.165, 1.54) is 23.1 Å². The summed E-state index contributed by atoms with van der Waals surface area (Å²) in [4.78, 5) is 12.6. The zero-order valence-electron chi connectivity index (χ0n) is 11.5. The van der Waals surface area contributed by atoms with Crippen molar-refractivity contribution in [3.63, 3.8) is 0 Å². The van der Waals surface area contributed by atoms with Crippen molar-refractivity contribution in [2.75, 3.05) is 24.5 Å². The van der Waals surface area contributed by atoms with Crippen molar-refractivity contribution >= 4 is 11.7 Å². The molecule has 4 nitrogen and oxygen atoms in total. The van der Waals surface area contributed by atoms with Crippen molar-refractivity contribution in [2.24, 2.45) is 0 Å². The van der Waals surface area contributed by atoms with E-state index in [4.69, 9.17) is 0 Å². The number of rotatable bonds is 3. The number of alkyl halides is 3. The van der Waals surface area contributed by atoms with Gasteiger partial charge < -0.3 is 15.0 Å². The number of hydrogen-bond donors (Lipinski definition) is 1. The van der Waals surface area contributed by atoms with Crippen molar-refractivity contribution in [3.05, 3.63) is 42.7 Å². The average molecular weight is 318 g/mol. The summed E-state index contributed by atoms with van der Waals surface area (Å²) in [5, 5.41) is 2.85. The molecule has 120 valence electrons. The zero-order chi connectivity index (χ0) is 16.4. The third-order valence-electron chi connectivity index (χ3n) is 3.29. The molecule has 0 aromatic heterocycles. The van der Waals surface area contributed by atoms with Gasteiger partial charge in [0.1, 0.15) is 5.82 Å². The number of anilines is 1. The molecule has 1 fully saturated rings. The van der Waals surface area contributed by atoms with Crippen molar-refractivity contribution in [1.82, 2.24) is 5.32 Å². The minimum absolute atomic E-state index is 0.0885. The first kappa shape index (κ1) is 16.3. The molecule has 1 heterocycles. The van der Waals surface area contributed by atoms with E-state index in [1.54, 1.807) is 0 Å². The van der Waals surface area contributed by atoms with E-state index in [0.717, 1.165) is 12.1 Å². The van der Waals surface area contributed by atoms with Crippen LogP contribution in [0.5, 0.6) is 0 Å². The molecular weight excluding hydrogens is 304 g/mol. The Labute approximate surface area is 124 Å². The first-order valence-electron chi connectivity index (χ1n) is 6.46. The van der Waals surface area contributed by atoms with Crippen molar-refractivity contribution in [2.45, 2.75) is 11.9 Å². The van der Waals surface area contributed by atoms with E-state index < -0.39 is 23.7 Å². The molecule has 0 radical (unpaired) electrons.